The summed E-state index contributed by atoms with van der Waals surface area (Å²) in [5.41, 5.74) is -0.740. The van der Waals surface area contributed by atoms with Crippen LogP contribution in [-0.4, -0.2) is 31.4 Å². The molecule has 0 saturated carbocycles. The first-order chi connectivity index (χ1) is 6.27. The van der Waals surface area contributed by atoms with Gasteiger partial charge in [-0.05, 0) is 20.3 Å². The lowest BCUT2D eigenvalue weighted by Gasteiger charge is -2.35. The Morgan fingerprint density at radius 1 is 1.36 bits per heavy atom. The fraction of sp³-hybridized carbons (Fsp3) is 0.889. The third kappa shape index (κ3) is 1.26. The summed E-state index contributed by atoms with van der Waals surface area (Å²) in [5, 5.41) is 2.86. The molecule has 0 aromatic rings. The Morgan fingerprint density at radius 2 is 2.00 bits per heavy atom. The van der Waals surface area contributed by atoms with Crippen molar-refractivity contribution < 1.29 is 13.2 Å². The van der Waals surface area contributed by atoms with E-state index in [9.17, 15) is 13.2 Å². The summed E-state index contributed by atoms with van der Waals surface area (Å²) in [5.74, 6) is 0.365. The van der Waals surface area contributed by atoms with Crippen molar-refractivity contribution in [1.29, 1.82) is 0 Å². The third-order valence-electron chi connectivity index (χ3n) is 3.66. The van der Waals surface area contributed by atoms with Gasteiger partial charge in [-0.25, -0.2) is 8.42 Å². The molecule has 1 unspecified atom stereocenters. The molecular weight excluding hydrogens is 202 g/mol. The van der Waals surface area contributed by atoms with Gasteiger partial charge in [-0.1, -0.05) is 0 Å². The first-order valence-electron chi connectivity index (χ1n) is 4.78. The van der Waals surface area contributed by atoms with Gasteiger partial charge in [0.05, 0.1) is 11.5 Å². The van der Waals surface area contributed by atoms with Gasteiger partial charge in [0, 0.05) is 17.4 Å². The maximum Gasteiger partial charge on any atom is 0.221 e. The van der Waals surface area contributed by atoms with Crippen molar-refractivity contribution in [3.05, 3.63) is 0 Å². The van der Waals surface area contributed by atoms with Crippen LogP contribution in [0.1, 0.15) is 26.7 Å². The van der Waals surface area contributed by atoms with Crippen LogP contribution in [-0.2, 0) is 14.6 Å². The molecule has 2 rings (SSSR count). The molecule has 2 aliphatic heterocycles. The molecule has 1 spiro atoms. The van der Waals surface area contributed by atoms with Gasteiger partial charge in [0.15, 0.2) is 9.84 Å². The molecule has 1 atom stereocenters. The van der Waals surface area contributed by atoms with Crippen LogP contribution < -0.4 is 5.32 Å². The highest BCUT2D eigenvalue weighted by Crippen LogP contribution is 2.48. The number of nitrogens with one attached hydrogen (secondary N) is 1. The van der Waals surface area contributed by atoms with E-state index in [1.54, 1.807) is 0 Å². The Morgan fingerprint density at radius 3 is 2.36 bits per heavy atom. The molecule has 1 amide bonds. The van der Waals surface area contributed by atoms with Crippen LogP contribution in [0.2, 0.25) is 0 Å². The summed E-state index contributed by atoms with van der Waals surface area (Å²) in [7, 11) is -2.92. The van der Waals surface area contributed by atoms with Crippen molar-refractivity contribution >= 4 is 15.7 Å². The summed E-state index contributed by atoms with van der Waals surface area (Å²) in [4.78, 5) is 11.3. The highest BCUT2D eigenvalue weighted by molar-refractivity contribution is 7.91. The van der Waals surface area contributed by atoms with E-state index in [1.807, 2.05) is 13.8 Å². The van der Waals surface area contributed by atoms with Crippen molar-refractivity contribution in [1.82, 2.24) is 5.32 Å². The zero-order valence-corrected chi connectivity index (χ0v) is 9.28. The summed E-state index contributed by atoms with van der Waals surface area (Å²) in [6, 6.07) is 0. The molecule has 2 fully saturated rings. The smallest absolute Gasteiger partial charge is 0.221 e. The molecule has 2 saturated heterocycles. The predicted octanol–water partition coefficient (Wildman–Crippen LogP) is 0.0898. The van der Waals surface area contributed by atoms with Crippen LogP contribution in [0.3, 0.4) is 0 Å². The first-order valence-corrected chi connectivity index (χ1v) is 6.60. The number of carbonyl (C=O) groups excluding carboxylic acids is 1. The molecule has 0 aromatic carbocycles. The number of sulfone groups is 1. The molecule has 5 heteroatoms. The second-order valence-electron chi connectivity index (χ2n) is 4.97. The Bertz CT molecular complexity index is 385. The molecule has 2 aliphatic rings. The lowest BCUT2D eigenvalue weighted by Crippen LogP contribution is -2.47. The van der Waals surface area contributed by atoms with Crippen molar-refractivity contribution in [2.75, 3.05) is 11.5 Å². The second-order valence-corrected chi connectivity index (χ2v) is 7.16. The lowest BCUT2D eigenvalue weighted by atomic mass is 9.72. The molecule has 0 aromatic heterocycles. The van der Waals surface area contributed by atoms with Gasteiger partial charge in [0.25, 0.3) is 0 Å². The molecular formula is C9H15NO3S. The van der Waals surface area contributed by atoms with Crippen LogP contribution in [0.15, 0.2) is 0 Å². The number of amides is 1. The Balaban J connectivity index is 2.39. The Hall–Kier alpha value is -0.580. The highest BCUT2D eigenvalue weighted by Gasteiger charge is 2.57. The predicted molar refractivity (Wildman–Crippen MR) is 52.5 cm³/mol. The van der Waals surface area contributed by atoms with Crippen LogP contribution in [0.5, 0.6) is 0 Å². The van der Waals surface area contributed by atoms with Gasteiger partial charge in [0.2, 0.25) is 5.91 Å². The molecule has 1 N–H and O–H groups in total. The van der Waals surface area contributed by atoms with E-state index in [2.05, 4.69) is 5.32 Å². The van der Waals surface area contributed by atoms with E-state index in [0.717, 1.165) is 0 Å². The zero-order chi connectivity index (χ0) is 10.6. The topological polar surface area (TPSA) is 63.2 Å². The van der Waals surface area contributed by atoms with E-state index in [1.165, 1.54) is 0 Å². The second kappa shape index (κ2) is 2.51. The van der Waals surface area contributed by atoms with Crippen LogP contribution in [0.25, 0.3) is 0 Å². The molecule has 14 heavy (non-hydrogen) atoms. The van der Waals surface area contributed by atoms with Crippen LogP contribution in [0, 0.1) is 5.41 Å². The monoisotopic (exact) mass is 217 g/mol. The normalized spacial score (nSPS) is 38.9. The largest absolute Gasteiger partial charge is 0.351 e. The third-order valence-corrected chi connectivity index (χ3v) is 5.48. The van der Waals surface area contributed by atoms with Crippen LogP contribution >= 0.6 is 0 Å². The van der Waals surface area contributed by atoms with E-state index in [0.29, 0.717) is 12.8 Å². The average molecular weight is 217 g/mol. The zero-order valence-electron chi connectivity index (χ0n) is 8.46. The lowest BCUT2D eigenvalue weighted by molar-refractivity contribution is -0.119. The Labute approximate surface area is 84.0 Å². The maximum absolute atomic E-state index is 11.4. The van der Waals surface area contributed by atoms with Crippen molar-refractivity contribution in [3.63, 3.8) is 0 Å². The highest BCUT2D eigenvalue weighted by atomic mass is 32.2. The minimum absolute atomic E-state index is 0.0212. The van der Waals surface area contributed by atoms with E-state index in [-0.39, 0.29) is 28.4 Å². The van der Waals surface area contributed by atoms with Gasteiger partial charge in [0.1, 0.15) is 0 Å². The maximum atomic E-state index is 11.4. The van der Waals surface area contributed by atoms with Gasteiger partial charge in [-0.3, -0.25) is 4.79 Å². The van der Waals surface area contributed by atoms with Gasteiger partial charge in [-0.2, -0.15) is 0 Å². The van der Waals surface area contributed by atoms with E-state index in [4.69, 9.17) is 0 Å². The molecule has 4 nitrogen and oxygen atoms in total. The molecule has 0 radical (unpaired) electrons. The molecule has 0 aliphatic carbocycles. The number of carbonyl (C=O) groups is 1. The first kappa shape index (κ1) is 9.96. The summed E-state index contributed by atoms with van der Waals surface area (Å²) >= 11 is 0. The summed E-state index contributed by atoms with van der Waals surface area (Å²) < 4.78 is 22.9. The summed E-state index contributed by atoms with van der Waals surface area (Å²) in [6.45, 7) is 3.83. The number of rotatable bonds is 0. The number of hydrogen-bond donors (Lipinski definition) is 1. The fourth-order valence-corrected chi connectivity index (χ4v) is 4.90. The van der Waals surface area contributed by atoms with Crippen molar-refractivity contribution in [3.8, 4) is 0 Å². The minimum Gasteiger partial charge on any atom is -0.351 e. The fourth-order valence-electron chi connectivity index (χ4n) is 2.60. The number of hydrogen-bond acceptors (Lipinski definition) is 3. The standard InChI is InChI=1S/C9H15NO3S/c1-8(2)9(5-7(11)10-8)3-4-14(12,13)6-9/h3-6H2,1-2H3,(H,10,11). The van der Waals surface area contributed by atoms with E-state index >= 15 is 0 Å². The Kier molecular flexibility index (Phi) is 1.78. The van der Waals surface area contributed by atoms with Crippen molar-refractivity contribution in [2.24, 2.45) is 5.41 Å². The van der Waals surface area contributed by atoms with Gasteiger partial charge < -0.3 is 5.32 Å². The van der Waals surface area contributed by atoms with Gasteiger partial charge in [-0.15, -0.1) is 0 Å². The molecule has 0 bridgehead atoms. The SMILES string of the molecule is CC1(C)NC(=O)CC12CCS(=O)(=O)C2. The molecule has 80 valence electrons. The summed E-state index contributed by atoms with van der Waals surface area (Å²) in [6.07, 6.45) is 0.973. The van der Waals surface area contributed by atoms with Crippen LogP contribution in [0.4, 0.5) is 0 Å². The molecule has 2 heterocycles. The quantitative estimate of drug-likeness (QED) is 0.625. The van der Waals surface area contributed by atoms with Gasteiger partial charge >= 0.3 is 0 Å². The minimum atomic E-state index is -2.92. The van der Waals surface area contributed by atoms with E-state index < -0.39 is 9.84 Å². The van der Waals surface area contributed by atoms with Crippen molar-refractivity contribution in [2.45, 2.75) is 32.2 Å². The average Bonchev–Trinajstić information content (AvgIpc) is 2.35.